The monoisotopic (exact) mass is 469 g/mol. The summed E-state index contributed by atoms with van der Waals surface area (Å²) in [7, 11) is 0. The number of aromatic nitrogens is 2. The van der Waals surface area contributed by atoms with Crippen LogP contribution >= 0.6 is 23.2 Å². The number of anilines is 3. The predicted octanol–water partition coefficient (Wildman–Crippen LogP) is 4.95. The molecule has 1 amide bonds. The van der Waals surface area contributed by atoms with E-state index in [1.54, 1.807) is 32.0 Å². The van der Waals surface area contributed by atoms with Crippen LogP contribution in [0.4, 0.5) is 17.3 Å². The minimum atomic E-state index is -1.07. The van der Waals surface area contributed by atoms with Gasteiger partial charge in [0.05, 0.1) is 15.7 Å². The third-order valence-electron chi connectivity index (χ3n) is 5.58. The SMILES string of the molecule is CC1(C)Oc2nc(Nc3ccc4c(c3)CNCC4)ncc2C(=O)N1c1c(Cl)cccc1Cl. The van der Waals surface area contributed by atoms with E-state index in [4.69, 9.17) is 27.9 Å². The Morgan fingerprint density at radius 2 is 1.94 bits per heavy atom. The number of hydrogen-bond acceptors (Lipinski definition) is 6. The van der Waals surface area contributed by atoms with Crippen LogP contribution in [0.2, 0.25) is 10.0 Å². The molecular formula is C23H21Cl2N5O2. The maximum absolute atomic E-state index is 13.4. The number of fused-ring (bicyclic) bond motifs is 2. The highest BCUT2D eigenvalue weighted by molar-refractivity contribution is 6.40. The Kier molecular flexibility index (Phi) is 5.20. The number of rotatable bonds is 3. The van der Waals surface area contributed by atoms with Crippen LogP contribution in [0, 0.1) is 0 Å². The van der Waals surface area contributed by atoms with Gasteiger partial charge in [0, 0.05) is 18.4 Å². The van der Waals surface area contributed by atoms with Gasteiger partial charge in [-0.2, -0.15) is 4.98 Å². The van der Waals surface area contributed by atoms with Crippen LogP contribution < -0.4 is 20.3 Å². The van der Waals surface area contributed by atoms with Crippen molar-refractivity contribution in [2.75, 3.05) is 16.8 Å². The molecule has 2 aliphatic rings. The largest absolute Gasteiger partial charge is 0.450 e. The minimum absolute atomic E-state index is 0.205. The van der Waals surface area contributed by atoms with Crippen LogP contribution in [0.1, 0.15) is 35.3 Å². The molecule has 0 aliphatic carbocycles. The van der Waals surface area contributed by atoms with Crippen molar-refractivity contribution in [1.29, 1.82) is 0 Å². The number of carbonyl (C=O) groups excluding carboxylic acids is 1. The number of amides is 1. The van der Waals surface area contributed by atoms with E-state index < -0.39 is 5.72 Å². The van der Waals surface area contributed by atoms with Gasteiger partial charge in [0.2, 0.25) is 11.8 Å². The molecule has 0 radical (unpaired) electrons. The Bertz CT molecular complexity index is 1210. The van der Waals surface area contributed by atoms with Gasteiger partial charge in [-0.1, -0.05) is 35.3 Å². The number of benzene rings is 2. The molecule has 0 saturated carbocycles. The summed E-state index contributed by atoms with van der Waals surface area (Å²) in [4.78, 5) is 23.6. The molecule has 0 spiro atoms. The second-order valence-electron chi connectivity index (χ2n) is 8.21. The molecule has 32 heavy (non-hydrogen) atoms. The summed E-state index contributed by atoms with van der Waals surface area (Å²) in [5, 5.41) is 7.29. The van der Waals surface area contributed by atoms with E-state index in [1.165, 1.54) is 22.2 Å². The fraction of sp³-hybridized carbons (Fsp3) is 0.261. The quantitative estimate of drug-likeness (QED) is 0.564. The van der Waals surface area contributed by atoms with Gasteiger partial charge in [-0.05, 0) is 62.2 Å². The van der Waals surface area contributed by atoms with E-state index in [9.17, 15) is 4.79 Å². The molecule has 1 aromatic heterocycles. The molecule has 0 unspecified atom stereocenters. The van der Waals surface area contributed by atoms with Crippen molar-refractivity contribution < 1.29 is 9.53 Å². The molecule has 164 valence electrons. The lowest BCUT2D eigenvalue weighted by molar-refractivity contribution is 0.0606. The van der Waals surface area contributed by atoms with Gasteiger partial charge in [-0.3, -0.25) is 9.69 Å². The molecule has 0 fully saturated rings. The van der Waals surface area contributed by atoms with Crippen LogP contribution in [0.25, 0.3) is 0 Å². The van der Waals surface area contributed by atoms with Crippen molar-refractivity contribution in [2.24, 2.45) is 0 Å². The van der Waals surface area contributed by atoms with Gasteiger partial charge in [0.25, 0.3) is 5.91 Å². The summed E-state index contributed by atoms with van der Waals surface area (Å²) in [6.45, 7) is 5.35. The predicted molar refractivity (Wildman–Crippen MR) is 125 cm³/mol. The standard InChI is InChI=1S/C23H21Cl2N5O2/c1-23(2)30(19-17(24)4-3-5-18(19)25)21(31)16-12-27-22(29-20(16)32-23)28-15-7-6-13-8-9-26-11-14(13)10-15/h3-7,10,12,26H,8-9,11H2,1-2H3,(H,27,28,29). The molecule has 5 rings (SSSR count). The lowest BCUT2D eigenvalue weighted by Crippen LogP contribution is -2.55. The van der Waals surface area contributed by atoms with Crippen molar-refractivity contribution in [3.8, 4) is 5.88 Å². The normalized spacial score (nSPS) is 16.8. The molecule has 2 N–H and O–H groups in total. The lowest BCUT2D eigenvalue weighted by atomic mass is 10.0. The summed E-state index contributed by atoms with van der Waals surface area (Å²) in [6.07, 6.45) is 2.47. The van der Waals surface area contributed by atoms with E-state index in [0.29, 0.717) is 21.7 Å². The van der Waals surface area contributed by atoms with Gasteiger partial charge in [-0.25, -0.2) is 4.98 Å². The van der Waals surface area contributed by atoms with Crippen molar-refractivity contribution in [3.63, 3.8) is 0 Å². The Morgan fingerprint density at radius 3 is 2.72 bits per heavy atom. The fourth-order valence-electron chi connectivity index (χ4n) is 4.06. The zero-order valence-electron chi connectivity index (χ0n) is 17.6. The molecule has 2 aliphatic heterocycles. The molecule has 9 heteroatoms. The first kappa shape index (κ1) is 21.0. The summed E-state index contributed by atoms with van der Waals surface area (Å²) >= 11 is 12.7. The topological polar surface area (TPSA) is 79.4 Å². The van der Waals surface area contributed by atoms with Crippen LogP contribution in [-0.4, -0.2) is 28.1 Å². The number of para-hydroxylation sites is 1. The summed E-state index contributed by atoms with van der Waals surface area (Å²) in [5.41, 5.74) is 3.02. The second kappa shape index (κ2) is 7.92. The molecule has 3 aromatic rings. The Hall–Kier alpha value is -2.87. The third-order valence-corrected chi connectivity index (χ3v) is 6.19. The van der Waals surface area contributed by atoms with Crippen LogP contribution in [0.5, 0.6) is 5.88 Å². The first-order valence-corrected chi connectivity index (χ1v) is 11.0. The second-order valence-corrected chi connectivity index (χ2v) is 9.02. The van der Waals surface area contributed by atoms with E-state index >= 15 is 0 Å². The van der Waals surface area contributed by atoms with Crippen molar-refractivity contribution >= 4 is 46.4 Å². The van der Waals surface area contributed by atoms with Crippen molar-refractivity contribution in [3.05, 3.63) is 69.3 Å². The number of nitrogens with zero attached hydrogens (tertiary/aromatic N) is 3. The minimum Gasteiger partial charge on any atom is -0.450 e. The third kappa shape index (κ3) is 3.66. The maximum atomic E-state index is 13.4. The molecule has 7 nitrogen and oxygen atoms in total. The maximum Gasteiger partial charge on any atom is 0.268 e. The zero-order chi connectivity index (χ0) is 22.5. The van der Waals surface area contributed by atoms with Gasteiger partial charge < -0.3 is 15.4 Å². The summed E-state index contributed by atoms with van der Waals surface area (Å²) in [6, 6.07) is 11.3. The molecule has 2 aromatic carbocycles. The van der Waals surface area contributed by atoms with Gasteiger partial charge >= 0.3 is 0 Å². The van der Waals surface area contributed by atoms with Gasteiger partial charge in [0.1, 0.15) is 5.56 Å². The summed E-state index contributed by atoms with van der Waals surface area (Å²) < 4.78 is 6.12. The van der Waals surface area contributed by atoms with E-state index in [0.717, 1.165) is 25.2 Å². The van der Waals surface area contributed by atoms with Crippen LogP contribution in [-0.2, 0) is 13.0 Å². The fourth-order valence-corrected chi connectivity index (χ4v) is 4.63. The van der Waals surface area contributed by atoms with E-state index in [1.807, 2.05) is 6.07 Å². The number of ether oxygens (including phenoxy) is 1. The Labute approximate surface area is 195 Å². The van der Waals surface area contributed by atoms with Crippen LogP contribution in [0.3, 0.4) is 0 Å². The number of hydrogen-bond donors (Lipinski definition) is 2. The van der Waals surface area contributed by atoms with E-state index in [2.05, 4.69) is 32.7 Å². The number of halogens is 2. The first-order valence-electron chi connectivity index (χ1n) is 10.3. The zero-order valence-corrected chi connectivity index (χ0v) is 19.1. The molecular weight excluding hydrogens is 449 g/mol. The average molecular weight is 470 g/mol. The highest BCUT2D eigenvalue weighted by Gasteiger charge is 2.43. The number of nitrogens with one attached hydrogen (secondary N) is 2. The smallest absolute Gasteiger partial charge is 0.268 e. The highest BCUT2D eigenvalue weighted by Crippen LogP contribution is 2.42. The lowest BCUT2D eigenvalue weighted by Gasteiger charge is -2.42. The van der Waals surface area contributed by atoms with E-state index in [-0.39, 0.29) is 17.4 Å². The van der Waals surface area contributed by atoms with Crippen LogP contribution in [0.15, 0.2) is 42.6 Å². The molecule has 0 saturated heterocycles. The van der Waals surface area contributed by atoms with Crippen molar-refractivity contribution in [2.45, 2.75) is 32.5 Å². The average Bonchev–Trinajstić information content (AvgIpc) is 2.75. The highest BCUT2D eigenvalue weighted by atomic mass is 35.5. The Balaban J connectivity index is 1.47. The molecule has 0 bridgehead atoms. The number of carbonyl (C=O) groups is 1. The van der Waals surface area contributed by atoms with Gasteiger partial charge in [0.15, 0.2) is 5.72 Å². The van der Waals surface area contributed by atoms with Crippen molar-refractivity contribution in [1.82, 2.24) is 15.3 Å². The van der Waals surface area contributed by atoms with Gasteiger partial charge in [-0.15, -0.1) is 0 Å². The first-order chi connectivity index (χ1) is 15.3. The molecule has 3 heterocycles. The Morgan fingerprint density at radius 1 is 1.16 bits per heavy atom. The molecule has 0 atom stereocenters. The summed E-state index contributed by atoms with van der Waals surface area (Å²) in [5.74, 6) is 0.217.